The molecule has 0 aliphatic carbocycles. The molecule has 0 atom stereocenters. The number of halogens is 1. The molecule has 0 bridgehead atoms. The number of hydrazone groups is 1. The van der Waals surface area contributed by atoms with Gasteiger partial charge in [-0.1, -0.05) is 0 Å². The lowest BCUT2D eigenvalue weighted by atomic mass is 10.1. The molecule has 4 aromatic rings. The molecule has 32 heavy (non-hydrogen) atoms. The minimum atomic E-state index is -0.528. The second-order valence-corrected chi connectivity index (χ2v) is 7.60. The van der Waals surface area contributed by atoms with Crippen LogP contribution in [0.1, 0.15) is 5.56 Å². The molecule has 0 fully saturated rings. The standard InChI is InChI=1S/C18H11IN8O5/c19-10-1-3-11(4-2-10)21-15-16(23-18-17(22-15)25-32-26-18)24-20-7-9-5-13-14(31-8-30-13)6-12(9)27(28)29/h1-7H,8H2,(H,21,22,25)(H,23,24,26)/b20-7-. The molecule has 0 saturated carbocycles. The first kappa shape index (κ1) is 19.9. The number of nitrogens with zero attached hydrogens (tertiary/aromatic N) is 6. The molecule has 3 heterocycles. The molecular weight excluding hydrogens is 535 g/mol. The number of hydrogen-bond donors (Lipinski definition) is 2. The zero-order valence-electron chi connectivity index (χ0n) is 15.9. The Kier molecular flexibility index (Phi) is 5.10. The lowest BCUT2D eigenvalue weighted by Crippen LogP contribution is -2.03. The summed E-state index contributed by atoms with van der Waals surface area (Å²) in [6.07, 6.45) is 1.28. The van der Waals surface area contributed by atoms with Crippen LogP contribution in [0.2, 0.25) is 0 Å². The number of rotatable bonds is 6. The third-order valence-electron chi connectivity index (χ3n) is 4.31. The van der Waals surface area contributed by atoms with Gasteiger partial charge in [-0.25, -0.2) is 9.61 Å². The van der Waals surface area contributed by atoms with Crippen molar-refractivity contribution in [2.45, 2.75) is 0 Å². The van der Waals surface area contributed by atoms with E-state index in [1.54, 1.807) is 0 Å². The summed E-state index contributed by atoms with van der Waals surface area (Å²) in [6, 6.07) is 10.4. The third-order valence-corrected chi connectivity index (χ3v) is 5.03. The topological polar surface area (TPSA) is 163 Å². The molecule has 1 aliphatic rings. The van der Waals surface area contributed by atoms with Gasteiger partial charge in [0.05, 0.1) is 22.8 Å². The van der Waals surface area contributed by atoms with Gasteiger partial charge in [-0.2, -0.15) is 10.1 Å². The highest BCUT2D eigenvalue weighted by atomic mass is 127. The minimum absolute atomic E-state index is 0.000239. The lowest BCUT2D eigenvalue weighted by Gasteiger charge is -2.09. The first-order valence-electron chi connectivity index (χ1n) is 8.97. The van der Waals surface area contributed by atoms with Crippen LogP contribution in [0.5, 0.6) is 11.5 Å². The molecule has 0 unspecified atom stereocenters. The van der Waals surface area contributed by atoms with Gasteiger partial charge in [0.25, 0.3) is 5.69 Å². The minimum Gasteiger partial charge on any atom is -0.454 e. The van der Waals surface area contributed by atoms with Crippen LogP contribution in [-0.2, 0) is 0 Å². The predicted molar refractivity (Wildman–Crippen MR) is 120 cm³/mol. The van der Waals surface area contributed by atoms with Gasteiger partial charge in [-0.3, -0.25) is 15.5 Å². The summed E-state index contributed by atoms with van der Waals surface area (Å²) in [5, 5.41) is 26.0. The Labute approximate surface area is 192 Å². The quantitative estimate of drug-likeness (QED) is 0.158. The lowest BCUT2D eigenvalue weighted by molar-refractivity contribution is -0.385. The zero-order chi connectivity index (χ0) is 22.1. The van der Waals surface area contributed by atoms with E-state index in [1.807, 2.05) is 24.3 Å². The van der Waals surface area contributed by atoms with E-state index in [0.717, 1.165) is 9.26 Å². The molecule has 2 aromatic carbocycles. The Morgan fingerprint density at radius 2 is 1.75 bits per heavy atom. The Bertz CT molecular complexity index is 1360. The molecular formula is C18H11IN8O5. The van der Waals surface area contributed by atoms with Crippen molar-refractivity contribution >= 4 is 63.1 Å². The summed E-state index contributed by atoms with van der Waals surface area (Å²) in [5.74, 6) is 1.23. The largest absolute Gasteiger partial charge is 0.454 e. The fourth-order valence-electron chi connectivity index (χ4n) is 2.84. The van der Waals surface area contributed by atoms with E-state index in [0.29, 0.717) is 17.3 Å². The molecule has 0 radical (unpaired) electrons. The molecule has 160 valence electrons. The smallest absolute Gasteiger partial charge is 0.282 e. The Balaban J connectivity index is 1.45. The highest BCUT2D eigenvalue weighted by Gasteiger charge is 2.22. The maximum Gasteiger partial charge on any atom is 0.282 e. The zero-order valence-corrected chi connectivity index (χ0v) is 18.0. The van der Waals surface area contributed by atoms with Crippen molar-refractivity contribution in [3.63, 3.8) is 0 Å². The average Bonchev–Trinajstić information content (AvgIpc) is 3.43. The highest BCUT2D eigenvalue weighted by Crippen LogP contribution is 2.37. The predicted octanol–water partition coefficient (Wildman–Crippen LogP) is 3.44. The van der Waals surface area contributed by atoms with Gasteiger partial charge in [0.15, 0.2) is 23.1 Å². The molecule has 2 aromatic heterocycles. The summed E-state index contributed by atoms with van der Waals surface area (Å²) in [7, 11) is 0. The van der Waals surface area contributed by atoms with Crippen LogP contribution in [0.25, 0.3) is 11.3 Å². The summed E-state index contributed by atoms with van der Waals surface area (Å²) < 4.78 is 16.2. The number of nitro benzene ring substituents is 1. The molecule has 0 spiro atoms. The van der Waals surface area contributed by atoms with Gasteiger partial charge in [0.2, 0.25) is 18.1 Å². The summed E-state index contributed by atoms with van der Waals surface area (Å²) in [5.41, 5.74) is 3.91. The average molecular weight is 546 g/mol. The molecule has 13 nitrogen and oxygen atoms in total. The number of aromatic nitrogens is 4. The van der Waals surface area contributed by atoms with Crippen LogP contribution < -0.4 is 20.2 Å². The maximum absolute atomic E-state index is 11.4. The van der Waals surface area contributed by atoms with Crippen molar-refractivity contribution in [2.75, 3.05) is 17.5 Å². The van der Waals surface area contributed by atoms with Crippen molar-refractivity contribution in [1.82, 2.24) is 20.3 Å². The van der Waals surface area contributed by atoms with Crippen LogP contribution in [0, 0.1) is 13.7 Å². The van der Waals surface area contributed by atoms with Crippen molar-refractivity contribution in [3.05, 3.63) is 55.6 Å². The van der Waals surface area contributed by atoms with E-state index in [-0.39, 0.29) is 35.2 Å². The van der Waals surface area contributed by atoms with Crippen LogP contribution >= 0.6 is 22.6 Å². The summed E-state index contributed by atoms with van der Waals surface area (Å²) in [4.78, 5) is 19.5. The van der Waals surface area contributed by atoms with Crippen molar-refractivity contribution < 1.29 is 19.0 Å². The van der Waals surface area contributed by atoms with Gasteiger partial charge in [0, 0.05) is 9.26 Å². The van der Waals surface area contributed by atoms with E-state index in [9.17, 15) is 10.1 Å². The normalized spacial score (nSPS) is 12.4. The van der Waals surface area contributed by atoms with E-state index >= 15 is 0 Å². The molecule has 0 saturated heterocycles. The van der Waals surface area contributed by atoms with Crippen molar-refractivity contribution in [2.24, 2.45) is 5.10 Å². The van der Waals surface area contributed by atoms with E-state index < -0.39 is 4.92 Å². The molecule has 5 rings (SSSR count). The number of anilines is 3. The van der Waals surface area contributed by atoms with E-state index in [1.165, 1.54) is 18.3 Å². The molecule has 2 N–H and O–H groups in total. The fraction of sp³-hybridized carbons (Fsp3) is 0.0556. The van der Waals surface area contributed by atoms with Gasteiger partial charge in [-0.15, -0.1) is 0 Å². The molecule has 1 aliphatic heterocycles. The van der Waals surface area contributed by atoms with Crippen molar-refractivity contribution in [1.29, 1.82) is 0 Å². The van der Waals surface area contributed by atoms with E-state index in [2.05, 4.69) is 63.3 Å². The molecule has 0 amide bonds. The van der Waals surface area contributed by atoms with Gasteiger partial charge < -0.3 is 14.8 Å². The van der Waals surface area contributed by atoms with Crippen LogP contribution in [0.4, 0.5) is 23.0 Å². The Hall–Kier alpha value is -4.08. The second kappa shape index (κ2) is 8.22. The van der Waals surface area contributed by atoms with Gasteiger partial charge >= 0.3 is 0 Å². The first-order valence-corrected chi connectivity index (χ1v) is 10.0. The summed E-state index contributed by atoms with van der Waals surface area (Å²) in [6.45, 7) is 0.000239. The van der Waals surface area contributed by atoms with Gasteiger partial charge in [0.1, 0.15) is 0 Å². The SMILES string of the molecule is O=[N+]([O-])c1cc2c(cc1/C=N\Nc1nc3nonc3nc1Nc1ccc(I)cc1)OCO2. The van der Waals surface area contributed by atoms with E-state index in [4.69, 9.17) is 9.47 Å². The third kappa shape index (κ3) is 3.94. The number of ether oxygens (including phenoxy) is 2. The van der Waals surface area contributed by atoms with Crippen LogP contribution in [0.3, 0.4) is 0 Å². The number of fused-ring (bicyclic) bond motifs is 2. The second-order valence-electron chi connectivity index (χ2n) is 6.36. The number of benzene rings is 2. The number of nitro groups is 1. The highest BCUT2D eigenvalue weighted by molar-refractivity contribution is 14.1. The van der Waals surface area contributed by atoms with Gasteiger partial charge in [-0.05, 0) is 63.2 Å². The Morgan fingerprint density at radius 1 is 1.06 bits per heavy atom. The monoisotopic (exact) mass is 546 g/mol. The maximum atomic E-state index is 11.4. The first-order chi connectivity index (χ1) is 15.6. The molecule has 14 heteroatoms. The Morgan fingerprint density at radius 3 is 2.47 bits per heavy atom. The van der Waals surface area contributed by atoms with Crippen molar-refractivity contribution in [3.8, 4) is 11.5 Å². The van der Waals surface area contributed by atoms with Crippen LogP contribution in [-0.4, -0.2) is 38.2 Å². The number of hydrogen-bond acceptors (Lipinski definition) is 12. The fourth-order valence-corrected chi connectivity index (χ4v) is 3.20. The summed E-state index contributed by atoms with van der Waals surface area (Å²) >= 11 is 2.20. The number of nitrogens with one attached hydrogen (secondary N) is 2. The van der Waals surface area contributed by atoms with Crippen LogP contribution in [0.15, 0.2) is 46.1 Å².